The zero-order valence-electron chi connectivity index (χ0n) is 74.5. The number of benzene rings is 15. The Morgan fingerprint density at radius 2 is 0.492 bits per heavy atom. The molecular formula is C120H96Ir6N6-6. The van der Waals surface area contributed by atoms with E-state index in [1.54, 1.807) is 0 Å². The van der Waals surface area contributed by atoms with Gasteiger partial charge in [0.1, 0.15) is 0 Å². The van der Waals surface area contributed by atoms with Crippen molar-refractivity contribution in [3.8, 4) is 101 Å². The summed E-state index contributed by atoms with van der Waals surface area (Å²) in [6.45, 7) is 20.2. The van der Waals surface area contributed by atoms with E-state index in [4.69, 9.17) is 4.98 Å². The quantitative estimate of drug-likeness (QED) is 0.134. The van der Waals surface area contributed by atoms with E-state index < -0.39 is 0 Å². The van der Waals surface area contributed by atoms with Gasteiger partial charge in [0.05, 0.1) is 11.0 Å². The summed E-state index contributed by atoms with van der Waals surface area (Å²) in [4.78, 5) is 27.6. The van der Waals surface area contributed by atoms with Crippen LogP contribution in [0.4, 0.5) is 0 Å². The van der Waals surface area contributed by atoms with Crippen LogP contribution < -0.4 is 0 Å². The largest absolute Gasteiger partial charge is 0.304 e. The van der Waals surface area contributed by atoms with Gasteiger partial charge in [-0.15, -0.1) is 214 Å². The van der Waals surface area contributed by atoms with Crippen LogP contribution in [0.3, 0.4) is 0 Å². The van der Waals surface area contributed by atoms with Crippen LogP contribution in [0.1, 0.15) is 79.0 Å². The van der Waals surface area contributed by atoms with Crippen LogP contribution in [0.2, 0.25) is 0 Å². The Morgan fingerprint density at radius 3 is 0.879 bits per heavy atom. The number of para-hydroxylation sites is 2. The summed E-state index contributed by atoms with van der Waals surface area (Å²) >= 11 is 0. The molecule has 21 rings (SSSR count). The van der Waals surface area contributed by atoms with Gasteiger partial charge in [-0.1, -0.05) is 305 Å². The Morgan fingerprint density at radius 1 is 0.197 bits per heavy atom. The number of rotatable bonds is 9. The Labute approximate surface area is 858 Å². The fourth-order valence-corrected chi connectivity index (χ4v) is 15.1. The molecule has 0 aliphatic carbocycles. The van der Waals surface area contributed by atoms with E-state index in [2.05, 4.69) is 342 Å². The molecule has 0 aliphatic heterocycles. The molecule has 0 amide bonds. The van der Waals surface area contributed by atoms with Gasteiger partial charge in [-0.25, -0.2) is 0 Å². The van der Waals surface area contributed by atoms with Gasteiger partial charge >= 0.3 is 0 Å². The zero-order chi connectivity index (χ0) is 86.8. The van der Waals surface area contributed by atoms with E-state index >= 15 is 0 Å². The molecule has 6 aromatic heterocycles. The third-order valence-corrected chi connectivity index (χ3v) is 22.2. The van der Waals surface area contributed by atoms with Gasteiger partial charge in [0, 0.05) is 145 Å². The average Bonchev–Trinajstić information content (AvgIpc) is 0.790. The smallest absolute Gasteiger partial charge is 0.0595 e. The maximum atomic E-state index is 4.80. The van der Waals surface area contributed by atoms with Crippen LogP contribution >= 0.6 is 0 Å². The molecule has 15 aromatic carbocycles. The predicted octanol–water partition coefficient (Wildman–Crippen LogP) is 31.1. The molecule has 0 aliphatic rings. The number of fused-ring (bicyclic) bond motifs is 6. The molecule has 6 heterocycles. The molecule has 21 aromatic rings. The maximum absolute atomic E-state index is 4.80. The maximum Gasteiger partial charge on any atom is 0.0595 e. The fraction of sp³-hybridized carbons (Fsp3) is 0.100. The second-order valence-corrected chi connectivity index (χ2v) is 34.2. The van der Waals surface area contributed by atoms with Gasteiger partial charge in [0.2, 0.25) is 0 Å². The molecule has 12 heteroatoms. The number of aromatic nitrogens is 6. The van der Waals surface area contributed by atoms with Crippen LogP contribution in [0, 0.1) is 36.4 Å². The zero-order valence-corrected chi connectivity index (χ0v) is 88.9. The van der Waals surface area contributed by atoms with Crippen molar-refractivity contribution in [1.82, 2.24) is 29.9 Å². The van der Waals surface area contributed by atoms with Gasteiger partial charge in [-0.2, -0.15) is 0 Å². The Bertz CT molecular complexity index is 6950. The topological polar surface area (TPSA) is 77.3 Å². The first kappa shape index (κ1) is 103. The summed E-state index contributed by atoms with van der Waals surface area (Å²) in [6.07, 6.45) is 7.56. The van der Waals surface area contributed by atoms with Gasteiger partial charge in [-0.05, 0) is 162 Å². The SMILES string of the molecule is CC(C)(C)c1ccc(-c2cc[c-]c(-c3cc4ccccc4cn3)c2)cc1.CC(C)(C)c1ccc(-c2cc[c-]c(-c3ccc4ccccc4n3)c2)cc1.CC(C)(C)c1ccc(-c2cc[c-]c(-c3nccc4ccccc34)c2)cc1.[Ir].[Ir].[Ir].[Ir].[Ir].[Ir].[c-]1ccccc1-c1cc2ccccc2cn1.[c-]1ccccc1-c1ccc2ccccc2n1.[c-]1ccccc1-c1nccc2ccccc12. The number of hydrogen-bond donors (Lipinski definition) is 0. The van der Waals surface area contributed by atoms with Crippen LogP contribution in [-0.4, -0.2) is 29.9 Å². The van der Waals surface area contributed by atoms with Crippen molar-refractivity contribution in [3.05, 3.63) is 472 Å². The molecule has 0 unspecified atom stereocenters. The molecule has 0 spiro atoms. The molecule has 0 saturated carbocycles. The number of hydrogen-bond acceptors (Lipinski definition) is 6. The van der Waals surface area contributed by atoms with Gasteiger partial charge in [-0.3, -0.25) is 9.97 Å². The standard InChI is InChI=1S/3C25H22N.3C15H10N.6Ir/c1-25(2,3)22-14-11-18(12-15-22)20-8-6-9-21(17-20)24-16-13-19-7-4-5-10-23(19)26-24;1-25(2,3)22-13-11-18(12-14-22)20-8-6-9-21(17-20)24-23-10-5-4-7-19(23)15-16-26-24;1-25(2,3)23-13-11-18(12-14-23)19-9-6-10-21(15-19)24-16-20-7-4-5-8-22(20)17-26-24;1-2-7-13(8-3-1)15-14-9-5-4-6-12(14)10-11-16-15;1-2-6-12(7-3-1)15-10-13-8-4-5-9-14(13)11-16-15;1-2-6-12(7-3-1)15-11-10-13-8-4-5-9-14(13)16-15;;;;;;/h2*4-8,10-17H,1-3H3;4-9,11-17H,1-3H3;1-7,9-11H;2*1-6,8-11H;;;;;;/q6*-1;;;;;;. The number of pyridine rings is 6. The van der Waals surface area contributed by atoms with Crippen molar-refractivity contribution in [1.29, 1.82) is 0 Å². The summed E-state index contributed by atoms with van der Waals surface area (Å²) < 4.78 is 0. The van der Waals surface area contributed by atoms with Gasteiger partial charge in [0.15, 0.2) is 0 Å². The normalized spacial score (nSPS) is 10.7. The first-order valence-electron chi connectivity index (χ1n) is 42.7. The van der Waals surface area contributed by atoms with E-state index in [0.717, 1.165) is 94.7 Å². The minimum atomic E-state index is 0. The van der Waals surface area contributed by atoms with Crippen molar-refractivity contribution in [2.45, 2.75) is 78.6 Å². The molecule has 0 N–H and O–H groups in total. The molecule has 132 heavy (non-hydrogen) atoms. The van der Waals surface area contributed by atoms with Crippen LogP contribution in [-0.2, 0) is 137 Å². The van der Waals surface area contributed by atoms with Crippen molar-refractivity contribution >= 4 is 64.9 Å². The summed E-state index contributed by atoms with van der Waals surface area (Å²) in [5.74, 6) is 0. The third kappa shape index (κ3) is 26.6. The Balaban J connectivity index is 0.000000165. The van der Waals surface area contributed by atoms with Crippen molar-refractivity contribution < 1.29 is 121 Å². The average molecular weight is 2780 g/mol. The Kier molecular flexibility index (Phi) is 37.6. The predicted molar refractivity (Wildman–Crippen MR) is 528 cm³/mol. The van der Waals surface area contributed by atoms with Crippen LogP contribution in [0.15, 0.2) is 419 Å². The van der Waals surface area contributed by atoms with E-state index in [-0.39, 0.29) is 137 Å². The van der Waals surface area contributed by atoms with Gasteiger partial charge in [0.25, 0.3) is 0 Å². The van der Waals surface area contributed by atoms with Crippen LogP contribution in [0.5, 0.6) is 0 Å². The molecule has 6 radical (unpaired) electrons. The fourth-order valence-electron chi connectivity index (χ4n) is 15.1. The van der Waals surface area contributed by atoms with Crippen LogP contribution in [0.25, 0.3) is 166 Å². The van der Waals surface area contributed by atoms with E-state index in [9.17, 15) is 0 Å². The molecule has 0 atom stereocenters. The van der Waals surface area contributed by atoms with Crippen molar-refractivity contribution in [2.24, 2.45) is 0 Å². The minimum absolute atomic E-state index is 0. The molecular weight excluding hydrogens is 2680 g/mol. The van der Waals surface area contributed by atoms with E-state index in [0.29, 0.717) is 0 Å². The monoisotopic (exact) mass is 2780 g/mol. The summed E-state index contributed by atoms with van der Waals surface area (Å²) in [6, 6.07) is 155. The summed E-state index contributed by atoms with van der Waals surface area (Å²) in [5, 5.41) is 11.8. The molecule has 0 saturated heterocycles. The summed E-state index contributed by atoms with van der Waals surface area (Å²) in [7, 11) is 0. The second-order valence-electron chi connectivity index (χ2n) is 34.2. The third-order valence-electron chi connectivity index (χ3n) is 22.2. The van der Waals surface area contributed by atoms with E-state index in [1.807, 2.05) is 201 Å². The first-order valence-corrected chi connectivity index (χ1v) is 42.7. The number of nitrogens with zero attached hydrogens (tertiary/aromatic N) is 6. The molecule has 0 fully saturated rings. The molecule has 6 nitrogen and oxygen atoms in total. The molecule has 666 valence electrons. The molecule has 0 bridgehead atoms. The minimum Gasteiger partial charge on any atom is -0.304 e. The van der Waals surface area contributed by atoms with Crippen molar-refractivity contribution in [2.75, 3.05) is 0 Å². The first-order chi connectivity index (χ1) is 61.3. The Hall–Kier alpha value is -11.3. The van der Waals surface area contributed by atoms with Gasteiger partial charge < -0.3 is 19.9 Å². The second kappa shape index (κ2) is 48.4. The summed E-state index contributed by atoms with van der Waals surface area (Å²) in [5.41, 5.74) is 25.8. The van der Waals surface area contributed by atoms with Crippen molar-refractivity contribution in [3.63, 3.8) is 0 Å². The van der Waals surface area contributed by atoms with E-state index in [1.165, 1.54) is 87.8 Å².